The summed E-state index contributed by atoms with van der Waals surface area (Å²) in [5.74, 6) is 2.65. The van der Waals surface area contributed by atoms with Crippen LogP contribution < -0.4 is 5.32 Å². The van der Waals surface area contributed by atoms with Gasteiger partial charge in [-0.2, -0.15) is 0 Å². The Morgan fingerprint density at radius 3 is 2.57 bits per heavy atom. The highest BCUT2D eigenvalue weighted by atomic mass is 32.2. The van der Waals surface area contributed by atoms with Crippen molar-refractivity contribution in [2.75, 3.05) is 57.4 Å². The molecule has 6 nitrogen and oxygen atoms in total. The third-order valence-electron chi connectivity index (χ3n) is 5.22. The van der Waals surface area contributed by atoms with Gasteiger partial charge in [-0.25, -0.2) is 0 Å². The summed E-state index contributed by atoms with van der Waals surface area (Å²) in [4.78, 5) is 31.2. The van der Waals surface area contributed by atoms with E-state index in [1.807, 2.05) is 21.6 Å². The van der Waals surface area contributed by atoms with Gasteiger partial charge in [-0.15, -0.1) is 11.8 Å². The highest BCUT2D eigenvalue weighted by Crippen LogP contribution is 2.23. The second-order valence-electron chi connectivity index (χ2n) is 6.72. The van der Waals surface area contributed by atoms with Crippen LogP contribution in [-0.2, 0) is 9.59 Å². The Morgan fingerprint density at radius 1 is 1.13 bits per heavy atom. The molecule has 3 aliphatic heterocycles. The van der Waals surface area contributed by atoms with E-state index in [1.165, 1.54) is 0 Å². The molecular formula is C16H28N4O2S. The maximum Gasteiger partial charge on any atom is 0.240 e. The van der Waals surface area contributed by atoms with E-state index in [4.69, 9.17) is 0 Å². The molecule has 0 aromatic rings. The molecule has 0 aromatic carbocycles. The molecule has 3 heterocycles. The van der Waals surface area contributed by atoms with E-state index in [2.05, 4.69) is 17.1 Å². The molecule has 3 saturated heterocycles. The molecule has 1 unspecified atom stereocenters. The molecule has 2 atom stereocenters. The molecule has 3 fully saturated rings. The van der Waals surface area contributed by atoms with Gasteiger partial charge in [0.15, 0.2) is 0 Å². The van der Waals surface area contributed by atoms with Crippen molar-refractivity contribution in [2.45, 2.75) is 25.8 Å². The average Bonchev–Trinajstić information content (AvgIpc) is 3.26. The Kier molecular flexibility index (Phi) is 5.82. The number of thioether (sulfide) groups is 1. The topological polar surface area (TPSA) is 55.9 Å². The lowest BCUT2D eigenvalue weighted by Crippen LogP contribution is -2.48. The second-order valence-corrected chi connectivity index (χ2v) is 7.80. The number of nitrogens with one attached hydrogen (secondary N) is 1. The molecule has 130 valence electrons. The van der Waals surface area contributed by atoms with E-state index < -0.39 is 0 Å². The zero-order chi connectivity index (χ0) is 16.2. The molecule has 3 aliphatic rings. The predicted octanol–water partition coefficient (Wildman–Crippen LogP) is 0.0516. The van der Waals surface area contributed by atoms with Crippen LogP contribution in [0.5, 0.6) is 0 Å². The van der Waals surface area contributed by atoms with Crippen molar-refractivity contribution in [2.24, 2.45) is 5.92 Å². The Bertz CT molecular complexity index is 434. The SMILES string of the molecule is CCN1CCN(C(=O)CC2CN[C@H](C(=O)N3CCSC3)C2)CC1. The molecule has 0 saturated carbocycles. The van der Waals surface area contributed by atoms with Crippen molar-refractivity contribution >= 4 is 23.6 Å². The highest BCUT2D eigenvalue weighted by Gasteiger charge is 2.35. The van der Waals surface area contributed by atoms with Crippen LogP contribution in [0, 0.1) is 5.92 Å². The molecule has 0 bridgehead atoms. The molecule has 0 radical (unpaired) electrons. The molecule has 1 N–H and O–H groups in total. The minimum Gasteiger partial charge on any atom is -0.340 e. The monoisotopic (exact) mass is 340 g/mol. The van der Waals surface area contributed by atoms with Crippen molar-refractivity contribution in [1.82, 2.24) is 20.0 Å². The van der Waals surface area contributed by atoms with Gasteiger partial charge < -0.3 is 20.0 Å². The molecule has 0 aromatic heterocycles. The maximum atomic E-state index is 12.5. The Hall–Kier alpha value is -0.790. The van der Waals surface area contributed by atoms with Gasteiger partial charge in [0.1, 0.15) is 0 Å². The van der Waals surface area contributed by atoms with E-state index in [-0.39, 0.29) is 17.9 Å². The molecule has 2 amide bonds. The average molecular weight is 340 g/mol. The third-order valence-corrected chi connectivity index (χ3v) is 6.19. The van der Waals surface area contributed by atoms with Crippen molar-refractivity contribution in [3.63, 3.8) is 0 Å². The Labute approximate surface area is 142 Å². The first-order chi connectivity index (χ1) is 11.2. The van der Waals surface area contributed by atoms with Crippen LogP contribution in [0.3, 0.4) is 0 Å². The van der Waals surface area contributed by atoms with Crippen molar-refractivity contribution in [1.29, 1.82) is 0 Å². The minimum absolute atomic E-state index is 0.0801. The van der Waals surface area contributed by atoms with Gasteiger partial charge in [0, 0.05) is 44.9 Å². The lowest BCUT2D eigenvalue weighted by Gasteiger charge is -2.34. The standard InChI is InChI=1S/C16H28N4O2S/c1-2-18-3-5-19(6-4-18)15(21)10-13-9-14(17-11-13)16(22)20-7-8-23-12-20/h13-14,17H,2-12H2,1H3/t13?,14-/m0/s1. The number of hydrogen-bond donors (Lipinski definition) is 1. The molecular weight excluding hydrogens is 312 g/mol. The first kappa shape index (κ1) is 17.0. The van der Waals surface area contributed by atoms with Crippen LogP contribution in [0.1, 0.15) is 19.8 Å². The highest BCUT2D eigenvalue weighted by molar-refractivity contribution is 7.99. The van der Waals surface area contributed by atoms with Gasteiger partial charge in [-0.1, -0.05) is 6.92 Å². The molecule has 7 heteroatoms. The summed E-state index contributed by atoms with van der Waals surface area (Å²) in [6.45, 7) is 8.55. The fourth-order valence-corrected chi connectivity index (χ4v) is 4.61. The van der Waals surface area contributed by atoms with Gasteiger partial charge in [0.2, 0.25) is 11.8 Å². The summed E-state index contributed by atoms with van der Waals surface area (Å²) in [6.07, 6.45) is 1.39. The normalized spacial score (nSPS) is 29.3. The van der Waals surface area contributed by atoms with Crippen LogP contribution >= 0.6 is 11.8 Å². The molecule has 0 aliphatic carbocycles. The van der Waals surface area contributed by atoms with Crippen LogP contribution in [-0.4, -0.2) is 90.0 Å². The number of rotatable bonds is 4. The van der Waals surface area contributed by atoms with Gasteiger partial charge in [0.25, 0.3) is 0 Å². The lowest BCUT2D eigenvalue weighted by molar-refractivity contribution is -0.134. The van der Waals surface area contributed by atoms with Crippen molar-refractivity contribution in [3.8, 4) is 0 Å². The van der Waals surface area contributed by atoms with E-state index >= 15 is 0 Å². The zero-order valence-corrected chi connectivity index (χ0v) is 14.8. The van der Waals surface area contributed by atoms with Gasteiger partial charge in [-0.3, -0.25) is 9.59 Å². The number of piperazine rings is 1. The second kappa shape index (κ2) is 7.85. The minimum atomic E-state index is -0.0801. The van der Waals surface area contributed by atoms with E-state index in [0.717, 1.165) is 63.9 Å². The largest absolute Gasteiger partial charge is 0.340 e. The molecule has 3 rings (SSSR count). The number of carbonyl (C=O) groups excluding carboxylic acids is 2. The van der Waals surface area contributed by atoms with E-state index in [0.29, 0.717) is 12.3 Å². The predicted molar refractivity (Wildman–Crippen MR) is 92.2 cm³/mol. The van der Waals surface area contributed by atoms with Gasteiger partial charge in [0.05, 0.1) is 11.9 Å². The molecule has 23 heavy (non-hydrogen) atoms. The van der Waals surface area contributed by atoms with Crippen LogP contribution in [0.15, 0.2) is 0 Å². The number of amides is 2. The van der Waals surface area contributed by atoms with Crippen LogP contribution in [0.25, 0.3) is 0 Å². The summed E-state index contributed by atoms with van der Waals surface area (Å²) in [5, 5.41) is 3.33. The van der Waals surface area contributed by atoms with Crippen molar-refractivity contribution in [3.05, 3.63) is 0 Å². The summed E-state index contributed by atoms with van der Waals surface area (Å²) in [6, 6.07) is -0.0801. The maximum absolute atomic E-state index is 12.5. The summed E-state index contributed by atoms with van der Waals surface area (Å²) < 4.78 is 0. The van der Waals surface area contributed by atoms with Crippen LogP contribution in [0.2, 0.25) is 0 Å². The molecule has 0 spiro atoms. The number of carbonyl (C=O) groups is 2. The third kappa shape index (κ3) is 4.19. The zero-order valence-electron chi connectivity index (χ0n) is 14.0. The van der Waals surface area contributed by atoms with Gasteiger partial charge in [-0.05, 0) is 25.4 Å². The summed E-state index contributed by atoms with van der Waals surface area (Å²) >= 11 is 1.81. The van der Waals surface area contributed by atoms with Crippen molar-refractivity contribution < 1.29 is 9.59 Å². The van der Waals surface area contributed by atoms with Gasteiger partial charge >= 0.3 is 0 Å². The summed E-state index contributed by atoms with van der Waals surface area (Å²) in [5.41, 5.74) is 0. The fraction of sp³-hybridized carbons (Fsp3) is 0.875. The van der Waals surface area contributed by atoms with Crippen LogP contribution in [0.4, 0.5) is 0 Å². The first-order valence-electron chi connectivity index (χ1n) is 8.77. The Morgan fingerprint density at radius 2 is 1.91 bits per heavy atom. The Balaban J connectivity index is 1.42. The lowest BCUT2D eigenvalue weighted by atomic mass is 10.00. The quantitative estimate of drug-likeness (QED) is 0.784. The number of nitrogens with zero attached hydrogens (tertiary/aromatic N) is 3. The van der Waals surface area contributed by atoms with E-state index in [1.54, 1.807) is 0 Å². The summed E-state index contributed by atoms with van der Waals surface area (Å²) in [7, 11) is 0. The number of hydrogen-bond acceptors (Lipinski definition) is 5. The fourth-order valence-electron chi connectivity index (χ4n) is 3.65. The smallest absolute Gasteiger partial charge is 0.240 e. The number of likely N-dealkylation sites (N-methyl/N-ethyl adjacent to an activating group) is 1. The van der Waals surface area contributed by atoms with E-state index in [9.17, 15) is 9.59 Å². The first-order valence-corrected chi connectivity index (χ1v) is 9.93.